The van der Waals surface area contributed by atoms with E-state index in [2.05, 4.69) is 25.3 Å². The number of rotatable bonds is 7. The van der Waals surface area contributed by atoms with Crippen LogP contribution in [0.25, 0.3) is 11.2 Å². The van der Waals surface area contributed by atoms with E-state index in [4.69, 9.17) is 0 Å². The lowest BCUT2D eigenvalue weighted by Gasteiger charge is -2.17. The van der Waals surface area contributed by atoms with Gasteiger partial charge in [0.1, 0.15) is 6.10 Å². The Bertz CT molecular complexity index is 964. The van der Waals surface area contributed by atoms with Gasteiger partial charge < -0.3 is 15.5 Å². The number of nitrogens with zero attached hydrogens (tertiary/aromatic N) is 3. The Kier molecular flexibility index (Phi) is 6.04. The van der Waals surface area contributed by atoms with Crippen LogP contribution in [-0.4, -0.2) is 48.0 Å². The lowest BCUT2D eigenvalue weighted by atomic mass is 10.2. The monoisotopic (exact) mass is 387 g/mol. The summed E-state index contributed by atoms with van der Waals surface area (Å²) >= 11 is 1.42. The van der Waals surface area contributed by atoms with Crippen molar-refractivity contribution in [1.82, 2.24) is 19.9 Å². The smallest absolute Gasteiger partial charge is 0.280 e. The molecule has 2 aromatic heterocycles. The first-order valence-electron chi connectivity index (χ1n) is 8.51. The Morgan fingerprint density at radius 1 is 1.19 bits per heavy atom. The average molecular weight is 387 g/mol. The Morgan fingerprint density at radius 3 is 2.63 bits per heavy atom. The molecule has 142 valence electrons. The van der Waals surface area contributed by atoms with Crippen molar-refractivity contribution >= 4 is 28.9 Å². The summed E-state index contributed by atoms with van der Waals surface area (Å²) in [6.45, 7) is 3.84. The third kappa shape index (κ3) is 4.82. The van der Waals surface area contributed by atoms with E-state index in [0.717, 1.165) is 4.90 Å². The van der Waals surface area contributed by atoms with E-state index in [1.807, 2.05) is 44.2 Å². The van der Waals surface area contributed by atoms with Crippen molar-refractivity contribution in [2.24, 2.45) is 0 Å². The van der Waals surface area contributed by atoms with Crippen LogP contribution < -0.4 is 10.9 Å². The van der Waals surface area contributed by atoms with Crippen molar-refractivity contribution in [2.75, 3.05) is 11.1 Å². The number of aromatic nitrogens is 4. The van der Waals surface area contributed by atoms with Gasteiger partial charge in [0.25, 0.3) is 5.56 Å². The van der Waals surface area contributed by atoms with E-state index in [0.29, 0.717) is 5.95 Å². The summed E-state index contributed by atoms with van der Waals surface area (Å²) < 4.78 is 0. The van der Waals surface area contributed by atoms with Crippen molar-refractivity contribution in [2.45, 2.75) is 37.0 Å². The van der Waals surface area contributed by atoms with Crippen molar-refractivity contribution in [3.05, 3.63) is 52.6 Å². The highest BCUT2D eigenvalue weighted by atomic mass is 32.2. The Hall–Kier alpha value is -2.49. The van der Waals surface area contributed by atoms with Gasteiger partial charge in [0.05, 0.1) is 18.0 Å². The second-order valence-electron chi connectivity index (χ2n) is 6.32. The molecule has 0 amide bonds. The van der Waals surface area contributed by atoms with Crippen molar-refractivity contribution in [3.63, 3.8) is 0 Å². The van der Waals surface area contributed by atoms with Crippen LogP contribution in [-0.2, 0) is 0 Å². The minimum Gasteiger partial charge on any atom is -0.389 e. The summed E-state index contributed by atoms with van der Waals surface area (Å²) in [6.07, 6.45) is -0.989. The molecule has 0 fully saturated rings. The maximum absolute atomic E-state index is 12.3. The van der Waals surface area contributed by atoms with Gasteiger partial charge in [-0.1, -0.05) is 18.2 Å². The molecule has 0 unspecified atom stereocenters. The predicted octanol–water partition coefficient (Wildman–Crippen LogP) is 1.72. The topological polar surface area (TPSA) is 124 Å². The van der Waals surface area contributed by atoms with Gasteiger partial charge in [-0.2, -0.15) is 4.98 Å². The van der Waals surface area contributed by atoms with E-state index in [-0.39, 0.29) is 28.7 Å². The first-order chi connectivity index (χ1) is 12.9. The van der Waals surface area contributed by atoms with Gasteiger partial charge in [0, 0.05) is 16.7 Å². The summed E-state index contributed by atoms with van der Waals surface area (Å²) in [4.78, 5) is 28.3. The quantitative estimate of drug-likeness (QED) is 0.452. The van der Waals surface area contributed by atoms with Crippen LogP contribution in [0.1, 0.15) is 25.6 Å². The first-order valence-corrected chi connectivity index (χ1v) is 9.50. The van der Waals surface area contributed by atoms with Crippen molar-refractivity contribution in [1.29, 1.82) is 0 Å². The minimum absolute atomic E-state index is 0.0174. The number of aliphatic hydroxyl groups is 2. The highest BCUT2D eigenvalue weighted by molar-refractivity contribution is 7.99. The molecule has 2 heterocycles. The molecule has 0 saturated heterocycles. The molecule has 3 rings (SSSR count). The summed E-state index contributed by atoms with van der Waals surface area (Å²) in [5, 5.41) is 23.6. The van der Waals surface area contributed by atoms with Crippen molar-refractivity contribution in [3.8, 4) is 0 Å². The number of benzene rings is 1. The first kappa shape index (κ1) is 19.3. The maximum Gasteiger partial charge on any atom is 0.280 e. The van der Waals surface area contributed by atoms with Gasteiger partial charge in [-0.15, -0.1) is 11.8 Å². The maximum atomic E-state index is 12.3. The molecule has 0 aliphatic rings. The molecular formula is C18H21N5O3S. The molecule has 9 heteroatoms. The minimum atomic E-state index is -1.26. The van der Waals surface area contributed by atoms with Gasteiger partial charge in [0.2, 0.25) is 5.95 Å². The van der Waals surface area contributed by atoms with E-state index in [9.17, 15) is 15.0 Å². The van der Waals surface area contributed by atoms with Gasteiger partial charge >= 0.3 is 0 Å². The molecule has 0 radical (unpaired) electrons. The lowest BCUT2D eigenvalue weighted by Crippen LogP contribution is -2.23. The molecule has 3 aromatic rings. The van der Waals surface area contributed by atoms with E-state index in [1.54, 1.807) is 0 Å². The number of anilines is 1. The fourth-order valence-corrected chi connectivity index (χ4v) is 3.30. The second-order valence-corrected chi connectivity index (χ2v) is 7.41. The third-order valence-corrected chi connectivity index (χ3v) is 4.81. The summed E-state index contributed by atoms with van der Waals surface area (Å²) in [5.74, 6) is 0.584. The van der Waals surface area contributed by atoms with Crippen molar-refractivity contribution < 1.29 is 10.2 Å². The number of fused-ring (bicyclic) bond motifs is 1. The molecule has 0 aliphatic heterocycles. The van der Waals surface area contributed by atoms with Crippen LogP contribution >= 0.6 is 11.8 Å². The summed E-state index contributed by atoms with van der Waals surface area (Å²) in [5.41, 5.74) is -0.145. The zero-order chi connectivity index (χ0) is 19.4. The van der Waals surface area contributed by atoms with Crippen LogP contribution in [0.2, 0.25) is 0 Å². The summed E-state index contributed by atoms with van der Waals surface area (Å²) in [6, 6.07) is 9.66. The molecule has 1 aromatic carbocycles. The summed E-state index contributed by atoms with van der Waals surface area (Å²) in [7, 11) is 0. The van der Waals surface area contributed by atoms with Crippen LogP contribution in [0.15, 0.2) is 46.2 Å². The fourth-order valence-electron chi connectivity index (χ4n) is 2.40. The Balaban J connectivity index is 1.77. The molecule has 8 nitrogen and oxygen atoms in total. The molecule has 0 aliphatic carbocycles. The zero-order valence-corrected chi connectivity index (χ0v) is 15.8. The van der Waals surface area contributed by atoms with E-state index >= 15 is 0 Å². The molecule has 4 N–H and O–H groups in total. The number of hydrogen-bond acceptors (Lipinski definition) is 8. The lowest BCUT2D eigenvalue weighted by molar-refractivity contribution is 0.0308. The molecular weight excluding hydrogens is 366 g/mol. The highest BCUT2D eigenvalue weighted by Gasteiger charge is 2.21. The number of H-pyrrole nitrogens is 1. The standard InChI is InChI=1S/C18H21N5O3S/c1-10(2)20-18-22-16-14(17(26)23-18)21-12(8-19-16)15(25)13(24)9-27-11-6-4-3-5-7-11/h3-8,10,13,15,24-25H,9H2,1-2H3,(H2,19,20,22,23,26)/t13-,15+/m0/s1. The Labute approximate surface area is 160 Å². The van der Waals surface area contributed by atoms with Crippen LogP contribution in [0, 0.1) is 0 Å². The van der Waals surface area contributed by atoms with Gasteiger partial charge in [-0.25, -0.2) is 9.97 Å². The third-order valence-electron chi connectivity index (χ3n) is 3.69. The normalized spacial score (nSPS) is 13.7. The van der Waals surface area contributed by atoms with Crippen LogP contribution in [0.5, 0.6) is 0 Å². The van der Waals surface area contributed by atoms with E-state index in [1.165, 1.54) is 18.0 Å². The largest absolute Gasteiger partial charge is 0.389 e. The fraction of sp³-hybridized carbons (Fsp3) is 0.333. The molecule has 27 heavy (non-hydrogen) atoms. The number of aliphatic hydroxyl groups excluding tert-OH is 2. The van der Waals surface area contributed by atoms with E-state index < -0.39 is 17.8 Å². The molecule has 0 bridgehead atoms. The Morgan fingerprint density at radius 2 is 1.93 bits per heavy atom. The van der Waals surface area contributed by atoms with Gasteiger partial charge in [-0.3, -0.25) is 9.78 Å². The van der Waals surface area contributed by atoms with Crippen LogP contribution in [0.4, 0.5) is 5.95 Å². The number of thioether (sulfide) groups is 1. The predicted molar refractivity (Wildman–Crippen MR) is 105 cm³/mol. The SMILES string of the molecule is CC(C)Nc1nc2ncc([C@@H](O)[C@@H](O)CSc3ccccc3)nc2c(=O)[nH]1. The zero-order valence-electron chi connectivity index (χ0n) is 15.0. The number of aromatic amines is 1. The second kappa shape index (κ2) is 8.47. The molecule has 2 atom stereocenters. The van der Waals surface area contributed by atoms with Gasteiger partial charge in [0.15, 0.2) is 11.2 Å². The number of nitrogens with one attached hydrogen (secondary N) is 2. The number of hydrogen-bond donors (Lipinski definition) is 4. The highest BCUT2D eigenvalue weighted by Crippen LogP contribution is 2.23. The van der Waals surface area contributed by atoms with Crippen LogP contribution in [0.3, 0.4) is 0 Å². The molecule has 0 saturated carbocycles. The molecule has 0 spiro atoms. The van der Waals surface area contributed by atoms with Gasteiger partial charge in [-0.05, 0) is 26.0 Å². The average Bonchev–Trinajstić information content (AvgIpc) is 2.65.